The van der Waals surface area contributed by atoms with Crippen LogP contribution in [0.25, 0.3) is 0 Å². The minimum Gasteiger partial charge on any atom is -0.504 e. The van der Waals surface area contributed by atoms with E-state index in [1.165, 1.54) is 12.8 Å². The molecular weight excluding hydrogens is 214 g/mol. The molecule has 0 heterocycles. The van der Waals surface area contributed by atoms with Gasteiger partial charge in [-0.25, -0.2) is 0 Å². The molecule has 0 spiro atoms. The molecule has 0 atom stereocenters. The van der Waals surface area contributed by atoms with Crippen LogP contribution in [0.2, 0.25) is 0 Å². The molecule has 0 amide bonds. The lowest BCUT2D eigenvalue weighted by Gasteiger charge is -2.33. The van der Waals surface area contributed by atoms with Crippen LogP contribution in [0.5, 0.6) is 11.5 Å². The zero-order valence-electron chi connectivity index (χ0n) is 10.6. The summed E-state index contributed by atoms with van der Waals surface area (Å²) in [6.07, 6.45) is 2.55. The Bertz CT molecular complexity index is 372. The van der Waals surface area contributed by atoms with Gasteiger partial charge >= 0.3 is 0 Å². The first-order valence-electron chi connectivity index (χ1n) is 6.37. The Morgan fingerprint density at radius 2 is 2.18 bits per heavy atom. The molecule has 0 bridgehead atoms. The van der Waals surface area contributed by atoms with Crippen LogP contribution in [0.3, 0.4) is 0 Å². The number of benzene rings is 1. The van der Waals surface area contributed by atoms with Crippen LogP contribution in [0, 0.1) is 5.92 Å². The van der Waals surface area contributed by atoms with Gasteiger partial charge < -0.3 is 15.2 Å². The summed E-state index contributed by atoms with van der Waals surface area (Å²) in [5.41, 5.74) is 1.16. The molecule has 0 aromatic heterocycles. The summed E-state index contributed by atoms with van der Waals surface area (Å²) in [6, 6.07) is 6.21. The molecule has 17 heavy (non-hydrogen) atoms. The number of ether oxygens (including phenoxy) is 1. The van der Waals surface area contributed by atoms with Gasteiger partial charge in [0.1, 0.15) is 0 Å². The largest absolute Gasteiger partial charge is 0.504 e. The van der Waals surface area contributed by atoms with E-state index in [0.717, 1.165) is 18.0 Å². The van der Waals surface area contributed by atoms with Crippen molar-refractivity contribution in [2.45, 2.75) is 39.3 Å². The van der Waals surface area contributed by atoms with E-state index in [1.54, 1.807) is 6.07 Å². The standard InChI is InChI=1S/C14H21NO2/c1-3-17-14-8-11(4-5-13(14)16)9-15-12-6-10(2)7-12/h4-5,8,10,12,15-16H,3,6-7,9H2,1-2H3. The van der Waals surface area contributed by atoms with Gasteiger partial charge in [0.25, 0.3) is 0 Å². The predicted molar refractivity (Wildman–Crippen MR) is 68.3 cm³/mol. The number of hydrogen-bond donors (Lipinski definition) is 2. The van der Waals surface area contributed by atoms with Gasteiger partial charge in [0.2, 0.25) is 0 Å². The molecule has 3 nitrogen and oxygen atoms in total. The van der Waals surface area contributed by atoms with Crippen molar-refractivity contribution >= 4 is 0 Å². The zero-order valence-corrected chi connectivity index (χ0v) is 10.6. The van der Waals surface area contributed by atoms with Gasteiger partial charge in [0.15, 0.2) is 11.5 Å². The van der Waals surface area contributed by atoms with E-state index >= 15 is 0 Å². The Labute approximate surface area is 103 Å². The maximum Gasteiger partial charge on any atom is 0.161 e. The number of phenols is 1. The van der Waals surface area contributed by atoms with Gasteiger partial charge in [-0.15, -0.1) is 0 Å². The second-order valence-electron chi connectivity index (χ2n) is 4.89. The summed E-state index contributed by atoms with van der Waals surface area (Å²) in [5.74, 6) is 1.66. The Morgan fingerprint density at radius 3 is 2.82 bits per heavy atom. The summed E-state index contributed by atoms with van der Waals surface area (Å²) in [5, 5.41) is 13.1. The van der Waals surface area contributed by atoms with Crippen molar-refractivity contribution in [3.63, 3.8) is 0 Å². The van der Waals surface area contributed by atoms with Gasteiger partial charge in [-0.1, -0.05) is 13.0 Å². The Kier molecular flexibility index (Phi) is 3.89. The molecule has 2 rings (SSSR count). The molecule has 1 aromatic rings. The van der Waals surface area contributed by atoms with Crippen molar-refractivity contribution in [1.82, 2.24) is 5.32 Å². The Morgan fingerprint density at radius 1 is 1.41 bits per heavy atom. The number of nitrogens with one attached hydrogen (secondary N) is 1. The molecule has 2 N–H and O–H groups in total. The molecular formula is C14H21NO2. The van der Waals surface area contributed by atoms with Crippen molar-refractivity contribution in [2.24, 2.45) is 5.92 Å². The highest BCUT2D eigenvalue weighted by Gasteiger charge is 2.24. The van der Waals surface area contributed by atoms with Crippen molar-refractivity contribution in [3.05, 3.63) is 23.8 Å². The lowest BCUT2D eigenvalue weighted by molar-refractivity contribution is 0.240. The Hall–Kier alpha value is -1.22. The van der Waals surface area contributed by atoms with Crippen LogP contribution in [0.4, 0.5) is 0 Å². The Balaban J connectivity index is 1.89. The maximum atomic E-state index is 9.59. The zero-order chi connectivity index (χ0) is 12.3. The van der Waals surface area contributed by atoms with E-state index < -0.39 is 0 Å². The van der Waals surface area contributed by atoms with E-state index in [4.69, 9.17) is 4.74 Å². The summed E-state index contributed by atoms with van der Waals surface area (Å²) in [4.78, 5) is 0. The van der Waals surface area contributed by atoms with E-state index in [9.17, 15) is 5.11 Å². The molecule has 94 valence electrons. The molecule has 0 unspecified atom stereocenters. The van der Waals surface area contributed by atoms with Gasteiger partial charge in [-0.2, -0.15) is 0 Å². The minimum atomic E-state index is 0.216. The van der Waals surface area contributed by atoms with Crippen molar-refractivity contribution < 1.29 is 9.84 Å². The topological polar surface area (TPSA) is 41.5 Å². The van der Waals surface area contributed by atoms with Gasteiger partial charge in [0, 0.05) is 12.6 Å². The van der Waals surface area contributed by atoms with E-state index in [1.807, 2.05) is 19.1 Å². The number of rotatable bonds is 5. The number of aromatic hydroxyl groups is 1. The van der Waals surface area contributed by atoms with Crippen LogP contribution in [-0.2, 0) is 6.54 Å². The highest BCUT2D eigenvalue weighted by atomic mass is 16.5. The lowest BCUT2D eigenvalue weighted by atomic mass is 9.82. The van der Waals surface area contributed by atoms with Crippen LogP contribution in [0.1, 0.15) is 32.3 Å². The SMILES string of the molecule is CCOc1cc(CNC2CC(C)C2)ccc1O. The third-order valence-electron chi connectivity index (χ3n) is 3.29. The summed E-state index contributed by atoms with van der Waals surface area (Å²) < 4.78 is 5.36. The second-order valence-corrected chi connectivity index (χ2v) is 4.89. The van der Waals surface area contributed by atoms with Crippen molar-refractivity contribution in [1.29, 1.82) is 0 Å². The third kappa shape index (κ3) is 3.13. The molecule has 1 aromatic carbocycles. The molecule has 1 saturated carbocycles. The lowest BCUT2D eigenvalue weighted by Crippen LogP contribution is -2.39. The number of phenolic OH excluding ortho intramolecular Hbond substituents is 1. The highest BCUT2D eigenvalue weighted by Crippen LogP contribution is 2.28. The molecule has 1 aliphatic rings. The fraction of sp³-hybridized carbons (Fsp3) is 0.571. The molecule has 0 radical (unpaired) electrons. The summed E-state index contributed by atoms with van der Waals surface area (Å²) >= 11 is 0. The quantitative estimate of drug-likeness (QED) is 0.824. The van der Waals surface area contributed by atoms with E-state index in [-0.39, 0.29) is 5.75 Å². The summed E-state index contributed by atoms with van der Waals surface area (Å²) in [7, 11) is 0. The summed E-state index contributed by atoms with van der Waals surface area (Å²) in [6.45, 7) is 5.62. The van der Waals surface area contributed by atoms with Gasteiger partial charge in [0.05, 0.1) is 6.61 Å². The normalized spacial score (nSPS) is 23.2. The van der Waals surface area contributed by atoms with Crippen LogP contribution in [0.15, 0.2) is 18.2 Å². The third-order valence-corrected chi connectivity index (χ3v) is 3.29. The molecule has 0 saturated heterocycles. The van der Waals surface area contributed by atoms with Gasteiger partial charge in [-0.3, -0.25) is 0 Å². The molecule has 1 fully saturated rings. The fourth-order valence-corrected chi connectivity index (χ4v) is 2.27. The van der Waals surface area contributed by atoms with Crippen molar-refractivity contribution in [3.8, 4) is 11.5 Å². The van der Waals surface area contributed by atoms with Crippen LogP contribution < -0.4 is 10.1 Å². The van der Waals surface area contributed by atoms with E-state index in [2.05, 4.69) is 12.2 Å². The van der Waals surface area contributed by atoms with E-state index in [0.29, 0.717) is 18.4 Å². The second kappa shape index (κ2) is 5.41. The molecule has 3 heteroatoms. The molecule has 1 aliphatic carbocycles. The first-order valence-corrected chi connectivity index (χ1v) is 6.37. The first kappa shape index (κ1) is 12.2. The number of hydrogen-bond acceptors (Lipinski definition) is 3. The van der Waals surface area contributed by atoms with Crippen LogP contribution >= 0.6 is 0 Å². The predicted octanol–water partition coefficient (Wildman–Crippen LogP) is 2.68. The van der Waals surface area contributed by atoms with Crippen LogP contribution in [-0.4, -0.2) is 17.8 Å². The van der Waals surface area contributed by atoms with Crippen molar-refractivity contribution in [2.75, 3.05) is 6.61 Å². The molecule has 0 aliphatic heterocycles. The maximum absolute atomic E-state index is 9.59. The fourth-order valence-electron chi connectivity index (χ4n) is 2.27. The smallest absolute Gasteiger partial charge is 0.161 e. The average Bonchev–Trinajstić information content (AvgIpc) is 2.27. The minimum absolute atomic E-state index is 0.216. The first-order chi connectivity index (χ1) is 8.19. The highest BCUT2D eigenvalue weighted by molar-refractivity contribution is 5.41. The average molecular weight is 235 g/mol. The van der Waals surface area contributed by atoms with Gasteiger partial charge in [-0.05, 0) is 43.4 Å². The monoisotopic (exact) mass is 235 g/mol.